The van der Waals surface area contributed by atoms with Gasteiger partial charge < -0.3 is 102 Å². The number of primary amides is 1. The van der Waals surface area contributed by atoms with E-state index in [-0.39, 0.29) is 134 Å². The highest BCUT2D eigenvalue weighted by molar-refractivity contribution is 7.46. The first-order chi connectivity index (χ1) is 52.4. The molecule has 0 aliphatic carbocycles. The number of guanidine groups is 3. The average Bonchev–Trinajstić information content (AvgIpc) is 1.61. The molecule has 3 fully saturated rings. The number of phosphoric ester groups is 1. The number of rotatable bonds is 23. The quantitative estimate of drug-likeness (QED) is 0.0168. The van der Waals surface area contributed by atoms with Crippen LogP contribution in [0.1, 0.15) is 109 Å². The van der Waals surface area contributed by atoms with Gasteiger partial charge in [-0.3, -0.25) is 77.5 Å². The van der Waals surface area contributed by atoms with E-state index in [1.165, 1.54) is 47.9 Å². The number of aliphatic imine (C=N–C) groups is 3. The Bertz CT molecular complexity index is 4110. The minimum atomic E-state index is -5.08. The van der Waals surface area contributed by atoms with E-state index in [4.69, 9.17) is 54.6 Å². The third kappa shape index (κ3) is 29.3. The number of alkyl halides is 3. The highest BCUT2D eigenvalue weighted by Gasteiger charge is 2.46. The van der Waals surface area contributed by atoms with Crippen molar-refractivity contribution in [3.8, 4) is 5.75 Å². The fourth-order valence-corrected chi connectivity index (χ4v) is 12.9. The van der Waals surface area contributed by atoms with E-state index in [1.807, 2.05) is 36.4 Å². The summed E-state index contributed by atoms with van der Waals surface area (Å²) < 4.78 is 48.2. The molecule has 37 nitrogen and oxygen atoms in total. The maximum atomic E-state index is 15.3. The summed E-state index contributed by atoms with van der Waals surface area (Å²) in [6, 6.07) is 11.3. The zero-order chi connectivity index (χ0) is 81.9. The van der Waals surface area contributed by atoms with Gasteiger partial charge in [0.1, 0.15) is 66.2 Å². The van der Waals surface area contributed by atoms with Gasteiger partial charge in [0, 0.05) is 52.0 Å². The summed E-state index contributed by atoms with van der Waals surface area (Å²) in [6.45, 7) is 3.09. The van der Waals surface area contributed by atoms with E-state index in [9.17, 15) is 61.1 Å². The minimum absolute atomic E-state index is 0. The maximum Gasteiger partial charge on any atom is 0.524 e. The van der Waals surface area contributed by atoms with Crippen LogP contribution in [0, 0.1) is 5.92 Å². The zero-order valence-electron chi connectivity index (χ0n) is 60.9. The van der Waals surface area contributed by atoms with E-state index in [1.54, 1.807) is 36.4 Å². The molecule has 0 bridgehead atoms. The summed E-state index contributed by atoms with van der Waals surface area (Å²) >= 11 is 0. The van der Waals surface area contributed by atoms with Crippen molar-refractivity contribution in [1.29, 1.82) is 0 Å². The van der Waals surface area contributed by atoms with Crippen LogP contribution in [0.2, 0.25) is 0 Å². The summed E-state index contributed by atoms with van der Waals surface area (Å²) in [7, 11) is -5.04. The molecule has 112 heavy (non-hydrogen) atoms. The van der Waals surface area contributed by atoms with Crippen LogP contribution in [0.3, 0.4) is 0 Å². The molecular weight excluding hydrogens is 1490 g/mol. The van der Waals surface area contributed by atoms with Crippen LogP contribution in [0.4, 0.5) is 13.2 Å². The lowest BCUT2D eigenvalue weighted by atomic mass is 9.99. The molecule has 4 aromatic carbocycles. The summed E-state index contributed by atoms with van der Waals surface area (Å²) in [5.41, 5.74) is 40.9. The van der Waals surface area contributed by atoms with E-state index >= 15 is 19.2 Å². The molecule has 10 atom stereocenters. The molecule has 0 radical (unpaired) electrons. The number of carbonyl (C=O) groups is 12. The third-order valence-corrected chi connectivity index (χ3v) is 18.4. The molecule has 4 aromatic rings. The van der Waals surface area contributed by atoms with Gasteiger partial charge in [-0.15, -0.1) is 0 Å². The molecule has 25 N–H and O–H groups in total. The number of carboxylic acid groups (broad SMARTS) is 1. The molecule has 3 heterocycles. The zero-order valence-corrected chi connectivity index (χ0v) is 61.8. The number of phosphoric acid groups is 1. The first-order valence-corrected chi connectivity index (χ1v) is 37.0. The average molecular weight is 1590 g/mol. The number of fused-ring (bicyclic) bond motifs is 3. The monoisotopic (exact) mass is 1590 g/mol. The molecule has 3 aliphatic heterocycles. The van der Waals surface area contributed by atoms with Crippen molar-refractivity contribution in [2.24, 2.45) is 61.0 Å². The molecule has 0 unspecified atom stereocenters. The normalized spacial score (nSPS) is 22.2. The van der Waals surface area contributed by atoms with Gasteiger partial charge in [-0.05, 0) is 110 Å². The largest absolute Gasteiger partial charge is 0.524 e. The molecule has 3 saturated heterocycles. The van der Waals surface area contributed by atoms with Crippen molar-refractivity contribution in [3.63, 3.8) is 0 Å². The number of nitrogens with zero attached hydrogens (tertiary/aromatic N) is 5. The van der Waals surface area contributed by atoms with E-state index in [0.717, 1.165) is 10.8 Å². The summed E-state index contributed by atoms with van der Waals surface area (Å²) in [4.78, 5) is 206. The molecule has 0 spiro atoms. The lowest BCUT2D eigenvalue weighted by molar-refractivity contribution is -0.192. The second-order valence-corrected chi connectivity index (χ2v) is 28.0. The van der Waals surface area contributed by atoms with Gasteiger partial charge in [0.25, 0.3) is 0 Å². The number of hydrogen-bond acceptors (Lipinski definition) is 17. The molecule has 7 rings (SSSR count). The fourth-order valence-electron chi connectivity index (χ4n) is 12.5. The summed E-state index contributed by atoms with van der Waals surface area (Å²) in [5, 5.41) is 30.4. The number of carboxylic acids is 1. The molecule has 3 aliphatic rings. The van der Waals surface area contributed by atoms with Crippen LogP contribution in [-0.4, -0.2) is 213 Å². The molecule has 11 amide bonds. The van der Waals surface area contributed by atoms with Crippen LogP contribution in [0.5, 0.6) is 5.75 Å². The SMILES string of the molecule is C.CC(C)[C@@H]1NC(=O)[C@H](Cc2ccc(OP(=O)(O)O)cc2)NC(=O)[C@H](CCCN=C(N)N)NC(=O)[C@H](CCCN=C(N)N)NC(=O)[C@@H]2CCCN2C(=O)[C@H]2CCCN2C(=O)[C@@H](CCCN=C(N)N)NC(=O)[C@H](Cc2ccc3ccccc3c2)NC(=O)[C@H](Cc2ccccc2)NC(=O)[C@H](CC(N)=O)NC1=O.O=C(O)C(F)(F)F. The number of hydrogen-bond donors (Lipinski definition) is 18. The highest BCUT2D eigenvalue weighted by Crippen LogP contribution is 2.37. The van der Waals surface area contributed by atoms with Gasteiger partial charge in [-0.25, -0.2) is 9.36 Å². The van der Waals surface area contributed by atoms with Gasteiger partial charge in [0.2, 0.25) is 65.0 Å². The van der Waals surface area contributed by atoms with Crippen molar-refractivity contribution < 1.29 is 94.7 Å². The number of nitrogens with two attached hydrogens (primary N) is 7. The standard InChI is InChI=1S/C68H95N20O15P.C2HF3O2.CH4/c1-38(2)55-63(97)85-51(37-54(69)89)60(94)83-48(34-39-13-4-3-5-14-39)59(93)84-50(36-41-22-25-42-15-6-7-16-43(42)33-41)58(92)81-47(19-10-30-78-68(74)75)64(98)88-32-12-21-53(88)65(99)87-31-11-20-52(87)62(96)80-46(18-9-29-77-67(72)73)56(90)79-45(17-8-28-76-66(70)71)57(91)82-49(61(95)86-55)35-40-23-26-44(27-24-40)103-104(100,101)102;3-2(4,5)1(6)7;/h3-7,13-16,22-27,33,38,45-53,55H,8-12,17-21,28-32,34-37H2,1-2H3,(H2,69,89)(H,79,90)(H,80,96)(H,81,92)(H,82,91)(H,83,94)(H,84,93)(H,85,97)(H,86,95)(H4,70,71,76)(H4,72,73,77)(H4,74,75,78)(H2,100,101,102);(H,6,7);1H4/t45-,46-,47+,48-,49-,50-,51-,52-,53+,55-;;/m0../s1. The Hall–Kier alpha value is -11.7. The number of aliphatic carboxylic acids is 1. The predicted octanol–water partition coefficient (Wildman–Crippen LogP) is -1.83. The molecular formula is C71H100F3N20O17P. The van der Waals surface area contributed by atoms with Crippen LogP contribution in [0.15, 0.2) is 112 Å². The topological polar surface area (TPSA) is 614 Å². The Morgan fingerprint density at radius 3 is 1.36 bits per heavy atom. The Morgan fingerprint density at radius 1 is 0.500 bits per heavy atom. The van der Waals surface area contributed by atoms with Crippen molar-refractivity contribution >= 4 is 107 Å². The van der Waals surface area contributed by atoms with Crippen molar-refractivity contribution in [2.75, 3.05) is 32.7 Å². The second-order valence-electron chi connectivity index (χ2n) is 26.9. The van der Waals surface area contributed by atoms with E-state index in [2.05, 4.69) is 57.5 Å². The summed E-state index contributed by atoms with van der Waals surface area (Å²) in [5.74, 6) is -14.7. The van der Waals surface area contributed by atoms with Crippen molar-refractivity contribution in [2.45, 2.75) is 178 Å². The Labute approximate surface area is 643 Å². The van der Waals surface area contributed by atoms with E-state index < -0.39 is 164 Å². The first-order valence-electron chi connectivity index (χ1n) is 35.5. The second kappa shape index (κ2) is 43.1. The first kappa shape index (κ1) is 90.9. The Kier molecular flexibility index (Phi) is 35.0. The minimum Gasteiger partial charge on any atom is -0.475 e. The number of amides is 11. The van der Waals surface area contributed by atoms with Gasteiger partial charge in [-0.1, -0.05) is 106 Å². The lowest BCUT2D eigenvalue weighted by Crippen LogP contribution is -2.62. The lowest BCUT2D eigenvalue weighted by Gasteiger charge is -2.34. The Balaban J connectivity index is 0.00000267. The van der Waals surface area contributed by atoms with Crippen LogP contribution in [0.25, 0.3) is 10.8 Å². The van der Waals surface area contributed by atoms with Crippen molar-refractivity contribution in [3.05, 3.63) is 114 Å². The van der Waals surface area contributed by atoms with Crippen LogP contribution >= 0.6 is 7.82 Å². The maximum absolute atomic E-state index is 15.3. The van der Waals surface area contributed by atoms with Gasteiger partial charge in [0.15, 0.2) is 17.9 Å². The number of halogens is 3. The summed E-state index contributed by atoms with van der Waals surface area (Å²) in [6.07, 6.45) is -6.09. The molecule has 612 valence electrons. The number of benzene rings is 4. The van der Waals surface area contributed by atoms with Gasteiger partial charge in [0.05, 0.1) is 6.42 Å². The van der Waals surface area contributed by atoms with E-state index in [0.29, 0.717) is 24.0 Å². The highest BCUT2D eigenvalue weighted by atomic mass is 31.2. The van der Waals surface area contributed by atoms with Gasteiger partial charge in [-0.2, -0.15) is 13.2 Å². The predicted molar refractivity (Wildman–Crippen MR) is 404 cm³/mol. The van der Waals surface area contributed by atoms with Crippen molar-refractivity contribution in [1.82, 2.24) is 52.3 Å². The molecule has 0 aromatic heterocycles. The van der Waals surface area contributed by atoms with Gasteiger partial charge >= 0.3 is 20.0 Å². The number of carbonyl (C=O) groups excluding carboxylic acids is 11. The van der Waals surface area contributed by atoms with Crippen LogP contribution in [-0.2, 0) is 81.4 Å². The Morgan fingerprint density at radius 2 is 0.884 bits per heavy atom. The van der Waals surface area contributed by atoms with Crippen LogP contribution < -0.4 is 87.2 Å². The molecule has 41 heteroatoms. The third-order valence-electron chi connectivity index (χ3n) is 17.9. The fraction of sp³-hybridized carbons (Fsp3) is 0.479. The smallest absolute Gasteiger partial charge is 0.475 e. The molecule has 0 saturated carbocycles. The number of nitrogens with one attached hydrogen (secondary N) is 8.